The Labute approximate surface area is 161 Å². The molecule has 2 fully saturated rings. The number of nitrogens with one attached hydrogen (secondary N) is 1. The summed E-state index contributed by atoms with van der Waals surface area (Å²) in [6, 6.07) is 10.8. The van der Waals surface area contributed by atoms with E-state index in [9.17, 15) is 4.79 Å². The van der Waals surface area contributed by atoms with Crippen molar-refractivity contribution in [2.75, 3.05) is 27.2 Å². The molecule has 5 nitrogen and oxygen atoms in total. The lowest BCUT2D eigenvalue weighted by Crippen LogP contribution is -2.39. The Kier molecular flexibility index (Phi) is 6.89. The molecular weight excluding hydrogens is 415 g/mol. The number of guanidine groups is 1. The second kappa shape index (κ2) is 8.69. The molecule has 1 saturated heterocycles. The van der Waals surface area contributed by atoms with Crippen molar-refractivity contribution in [2.24, 2.45) is 10.9 Å². The van der Waals surface area contributed by atoms with Gasteiger partial charge in [-0.2, -0.15) is 0 Å². The van der Waals surface area contributed by atoms with Crippen LogP contribution in [-0.4, -0.2) is 54.9 Å². The van der Waals surface area contributed by atoms with E-state index >= 15 is 0 Å². The Hall–Kier alpha value is -1.31. The molecule has 132 valence electrons. The summed E-state index contributed by atoms with van der Waals surface area (Å²) in [6.07, 6.45) is 3.05. The summed E-state index contributed by atoms with van der Waals surface area (Å²) in [5.41, 5.74) is 1.20. The second-order valence-electron chi connectivity index (χ2n) is 6.75. The average Bonchev–Trinajstić information content (AvgIpc) is 3.31. The van der Waals surface area contributed by atoms with Crippen molar-refractivity contribution in [3.8, 4) is 0 Å². The fraction of sp³-hybridized carbons (Fsp3) is 0.556. The van der Waals surface area contributed by atoms with Gasteiger partial charge in [-0.3, -0.25) is 4.79 Å². The van der Waals surface area contributed by atoms with E-state index in [2.05, 4.69) is 27.3 Å². The fourth-order valence-corrected chi connectivity index (χ4v) is 3.03. The van der Waals surface area contributed by atoms with E-state index in [1.807, 2.05) is 37.2 Å². The summed E-state index contributed by atoms with van der Waals surface area (Å²) in [4.78, 5) is 20.8. The van der Waals surface area contributed by atoms with Crippen LogP contribution in [0.2, 0.25) is 0 Å². The standard InChI is InChI=1S/C18H26N4O.HI/c1-21(2)18(19-11-14-6-4-3-5-7-14)20-12-15-10-17(23)22(13-15)16-8-9-16;/h3-7,15-16H,8-13H2,1-2H3,(H,19,20);1H. The fourth-order valence-electron chi connectivity index (χ4n) is 3.03. The maximum atomic E-state index is 12.0. The summed E-state index contributed by atoms with van der Waals surface area (Å²) >= 11 is 0. The van der Waals surface area contributed by atoms with Crippen molar-refractivity contribution >= 4 is 35.8 Å². The minimum Gasteiger partial charge on any atom is -0.356 e. The van der Waals surface area contributed by atoms with Crippen molar-refractivity contribution in [1.82, 2.24) is 15.1 Å². The van der Waals surface area contributed by atoms with Gasteiger partial charge in [0.25, 0.3) is 0 Å². The second-order valence-corrected chi connectivity index (χ2v) is 6.75. The molecular formula is C18H27IN4O. The molecule has 0 bridgehead atoms. The average molecular weight is 442 g/mol. The molecule has 1 aliphatic heterocycles. The molecule has 1 aromatic rings. The van der Waals surface area contributed by atoms with Crippen LogP contribution in [0.5, 0.6) is 0 Å². The van der Waals surface area contributed by atoms with Gasteiger partial charge in [0.2, 0.25) is 5.91 Å². The van der Waals surface area contributed by atoms with Gasteiger partial charge in [0, 0.05) is 45.6 Å². The highest BCUT2D eigenvalue weighted by atomic mass is 127. The van der Waals surface area contributed by atoms with Crippen LogP contribution < -0.4 is 5.32 Å². The Morgan fingerprint density at radius 1 is 1.29 bits per heavy atom. The van der Waals surface area contributed by atoms with Crippen LogP contribution in [0.1, 0.15) is 24.8 Å². The van der Waals surface area contributed by atoms with Crippen LogP contribution in [0.3, 0.4) is 0 Å². The molecule has 0 radical (unpaired) electrons. The first kappa shape index (κ1) is 19.0. The number of benzene rings is 1. The van der Waals surface area contributed by atoms with Gasteiger partial charge in [0.15, 0.2) is 5.96 Å². The molecule has 3 rings (SSSR count). The van der Waals surface area contributed by atoms with Crippen molar-refractivity contribution < 1.29 is 4.79 Å². The number of halogens is 1. The van der Waals surface area contributed by atoms with Gasteiger partial charge in [-0.1, -0.05) is 30.3 Å². The zero-order valence-corrected chi connectivity index (χ0v) is 16.8. The quantitative estimate of drug-likeness (QED) is 0.433. The zero-order valence-electron chi connectivity index (χ0n) is 14.4. The Morgan fingerprint density at radius 3 is 2.62 bits per heavy atom. The number of rotatable bonds is 5. The maximum absolute atomic E-state index is 12.0. The van der Waals surface area contributed by atoms with Gasteiger partial charge in [0.1, 0.15) is 0 Å². The molecule has 1 heterocycles. The van der Waals surface area contributed by atoms with E-state index in [1.165, 1.54) is 18.4 Å². The van der Waals surface area contributed by atoms with Crippen LogP contribution in [0.25, 0.3) is 0 Å². The molecule has 1 aliphatic carbocycles. The number of hydrogen-bond acceptors (Lipinski definition) is 2. The van der Waals surface area contributed by atoms with E-state index in [0.29, 0.717) is 30.8 Å². The van der Waals surface area contributed by atoms with Gasteiger partial charge in [-0.25, -0.2) is 4.99 Å². The third kappa shape index (κ3) is 5.09. The van der Waals surface area contributed by atoms with E-state index in [0.717, 1.165) is 19.0 Å². The number of aliphatic imine (C=N–C) groups is 1. The lowest BCUT2D eigenvalue weighted by atomic mass is 10.1. The SMILES string of the molecule is CN(C)C(=NCc1ccccc1)NCC1CC(=O)N(C2CC2)C1.I. The summed E-state index contributed by atoms with van der Waals surface area (Å²) in [6.45, 7) is 2.37. The Morgan fingerprint density at radius 2 is 2.00 bits per heavy atom. The molecule has 0 spiro atoms. The molecule has 1 N–H and O–H groups in total. The topological polar surface area (TPSA) is 47.9 Å². The van der Waals surface area contributed by atoms with Crippen molar-refractivity contribution in [2.45, 2.75) is 31.8 Å². The molecule has 0 aromatic heterocycles. The maximum Gasteiger partial charge on any atom is 0.223 e. The van der Waals surface area contributed by atoms with Gasteiger partial charge >= 0.3 is 0 Å². The molecule has 24 heavy (non-hydrogen) atoms. The normalized spacial score (nSPS) is 20.8. The van der Waals surface area contributed by atoms with Crippen LogP contribution in [-0.2, 0) is 11.3 Å². The smallest absolute Gasteiger partial charge is 0.223 e. The van der Waals surface area contributed by atoms with E-state index in [1.54, 1.807) is 0 Å². The molecule has 1 aromatic carbocycles. The lowest BCUT2D eigenvalue weighted by Gasteiger charge is -2.20. The highest BCUT2D eigenvalue weighted by Crippen LogP contribution is 2.32. The first-order valence-electron chi connectivity index (χ1n) is 8.42. The van der Waals surface area contributed by atoms with Crippen molar-refractivity contribution in [1.29, 1.82) is 0 Å². The first-order valence-corrected chi connectivity index (χ1v) is 8.42. The molecule has 1 amide bonds. The number of carbonyl (C=O) groups is 1. The minimum atomic E-state index is 0. The number of hydrogen-bond donors (Lipinski definition) is 1. The van der Waals surface area contributed by atoms with Gasteiger partial charge in [-0.15, -0.1) is 24.0 Å². The first-order chi connectivity index (χ1) is 11.1. The third-order valence-electron chi connectivity index (χ3n) is 4.45. The van der Waals surface area contributed by atoms with E-state index in [4.69, 9.17) is 0 Å². The van der Waals surface area contributed by atoms with Crippen molar-refractivity contribution in [3.05, 3.63) is 35.9 Å². The van der Waals surface area contributed by atoms with Crippen LogP contribution in [0.15, 0.2) is 35.3 Å². The molecule has 2 aliphatic rings. The van der Waals surface area contributed by atoms with E-state index < -0.39 is 0 Å². The van der Waals surface area contributed by atoms with Crippen LogP contribution >= 0.6 is 24.0 Å². The zero-order chi connectivity index (χ0) is 16.2. The molecule has 1 atom stereocenters. The monoisotopic (exact) mass is 442 g/mol. The summed E-state index contributed by atoms with van der Waals surface area (Å²) in [7, 11) is 3.99. The highest BCUT2D eigenvalue weighted by Gasteiger charge is 2.39. The predicted molar refractivity (Wildman–Crippen MR) is 108 cm³/mol. The largest absolute Gasteiger partial charge is 0.356 e. The number of amides is 1. The van der Waals surface area contributed by atoms with Crippen LogP contribution in [0.4, 0.5) is 0 Å². The molecule has 1 unspecified atom stereocenters. The van der Waals surface area contributed by atoms with Gasteiger partial charge in [-0.05, 0) is 18.4 Å². The third-order valence-corrected chi connectivity index (χ3v) is 4.45. The molecule has 1 saturated carbocycles. The number of nitrogens with zero attached hydrogens (tertiary/aromatic N) is 3. The van der Waals surface area contributed by atoms with E-state index in [-0.39, 0.29) is 24.0 Å². The summed E-state index contributed by atoms with van der Waals surface area (Å²) in [5.74, 6) is 1.60. The number of likely N-dealkylation sites (tertiary alicyclic amines) is 1. The van der Waals surface area contributed by atoms with Gasteiger partial charge < -0.3 is 15.1 Å². The highest BCUT2D eigenvalue weighted by molar-refractivity contribution is 14.0. The Balaban J connectivity index is 0.00000208. The lowest BCUT2D eigenvalue weighted by molar-refractivity contribution is -0.128. The van der Waals surface area contributed by atoms with Crippen molar-refractivity contribution in [3.63, 3.8) is 0 Å². The summed E-state index contributed by atoms with van der Waals surface area (Å²) < 4.78 is 0. The number of carbonyl (C=O) groups excluding carboxylic acids is 1. The predicted octanol–water partition coefficient (Wildman–Crippen LogP) is 2.32. The Bertz CT molecular complexity index is 572. The van der Waals surface area contributed by atoms with Crippen LogP contribution in [0, 0.1) is 5.92 Å². The minimum absolute atomic E-state index is 0. The summed E-state index contributed by atoms with van der Waals surface area (Å²) in [5, 5.41) is 3.43. The van der Waals surface area contributed by atoms with Gasteiger partial charge in [0.05, 0.1) is 6.54 Å². The molecule has 6 heteroatoms.